The number of hydrogen-bond donors (Lipinski definition) is 0. The molecular formula is C21H15Cl2NO2. The maximum absolute atomic E-state index is 12.8. The molecule has 2 aromatic carbocycles. The predicted molar refractivity (Wildman–Crippen MR) is 103 cm³/mol. The number of carbonyl (C=O) groups excluding carboxylic acids is 2. The maximum atomic E-state index is 12.8. The molecule has 0 spiro atoms. The largest absolute Gasteiger partial charge is 0.289 e. The fraction of sp³-hybridized carbons (Fsp3) is 0.0952. The summed E-state index contributed by atoms with van der Waals surface area (Å²) in [6.07, 6.45) is 0. The maximum Gasteiger partial charge on any atom is 0.194 e. The summed E-state index contributed by atoms with van der Waals surface area (Å²) in [6, 6.07) is 14.9. The van der Waals surface area contributed by atoms with E-state index in [1.165, 1.54) is 0 Å². The van der Waals surface area contributed by atoms with E-state index in [0.29, 0.717) is 43.7 Å². The minimum Gasteiger partial charge on any atom is -0.289 e. The first kappa shape index (κ1) is 18.3. The minimum atomic E-state index is -0.197. The molecule has 3 aromatic rings. The van der Waals surface area contributed by atoms with E-state index in [2.05, 4.69) is 4.98 Å². The van der Waals surface area contributed by atoms with Crippen molar-refractivity contribution in [3.05, 3.63) is 98.3 Å². The van der Waals surface area contributed by atoms with Gasteiger partial charge in [0.25, 0.3) is 0 Å². The van der Waals surface area contributed by atoms with Crippen LogP contribution in [0.2, 0.25) is 10.0 Å². The SMILES string of the molecule is Cc1nc(C)c(C(=O)c2ccc(Cl)cc2)cc1C(=O)c1ccc(Cl)cc1. The van der Waals surface area contributed by atoms with Crippen LogP contribution < -0.4 is 0 Å². The highest BCUT2D eigenvalue weighted by Gasteiger charge is 2.19. The molecule has 1 aromatic heterocycles. The van der Waals surface area contributed by atoms with Crippen molar-refractivity contribution in [2.75, 3.05) is 0 Å². The molecule has 0 saturated carbocycles. The summed E-state index contributed by atoms with van der Waals surface area (Å²) in [6.45, 7) is 3.51. The minimum absolute atomic E-state index is 0.197. The number of ketones is 2. The summed E-state index contributed by atoms with van der Waals surface area (Å²) in [5, 5.41) is 1.11. The van der Waals surface area contributed by atoms with Gasteiger partial charge in [0.1, 0.15) is 0 Å². The second-order valence-electron chi connectivity index (χ2n) is 5.93. The van der Waals surface area contributed by atoms with Crippen LogP contribution in [0.3, 0.4) is 0 Å². The number of pyridine rings is 1. The molecule has 0 N–H and O–H groups in total. The summed E-state index contributed by atoms with van der Waals surface area (Å²) < 4.78 is 0. The second kappa shape index (κ2) is 7.40. The van der Waals surface area contributed by atoms with Gasteiger partial charge in [-0.25, -0.2) is 0 Å². The Balaban J connectivity index is 2.04. The van der Waals surface area contributed by atoms with Crippen molar-refractivity contribution >= 4 is 34.8 Å². The van der Waals surface area contributed by atoms with Crippen LogP contribution in [0.4, 0.5) is 0 Å². The predicted octanol–water partition coefficient (Wildman–Crippen LogP) is 5.47. The van der Waals surface area contributed by atoms with Crippen molar-refractivity contribution in [2.45, 2.75) is 13.8 Å². The lowest BCUT2D eigenvalue weighted by Gasteiger charge is -2.11. The Hall–Kier alpha value is -2.49. The molecule has 0 aliphatic heterocycles. The second-order valence-corrected chi connectivity index (χ2v) is 6.80. The van der Waals surface area contributed by atoms with E-state index in [-0.39, 0.29) is 11.6 Å². The van der Waals surface area contributed by atoms with Crippen LogP contribution in [0.25, 0.3) is 0 Å². The van der Waals surface area contributed by atoms with Gasteiger partial charge in [-0.3, -0.25) is 14.6 Å². The quantitative estimate of drug-likeness (QED) is 0.561. The molecule has 0 amide bonds. The Morgan fingerprint density at radius 3 is 1.38 bits per heavy atom. The lowest BCUT2D eigenvalue weighted by Crippen LogP contribution is -2.12. The van der Waals surface area contributed by atoms with Crippen LogP contribution >= 0.6 is 23.2 Å². The number of hydrogen-bond acceptors (Lipinski definition) is 3. The lowest BCUT2D eigenvalue weighted by atomic mass is 9.96. The molecule has 5 heteroatoms. The van der Waals surface area contributed by atoms with Gasteiger partial charge in [0.2, 0.25) is 0 Å². The van der Waals surface area contributed by atoms with Gasteiger partial charge < -0.3 is 0 Å². The molecule has 0 aliphatic carbocycles. The zero-order chi connectivity index (χ0) is 18.8. The Morgan fingerprint density at radius 2 is 1.04 bits per heavy atom. The smallest absolute Gasteiger partial charge is 0.194 e. The Kier molecular flexibility index (Phi) is 5.21. The Labute approximate surface area is 161 Å². The van der Waals surface area contributed by atoms with Crippen LogP contribution in [-0.2, 0) is 0 Å². The van der Waals surface area contributed by atoms with Gasteiger partial charge in [-0.2, -0.15) is 0 Å². The van der Waals surface area contributed by atoms with Crippen molar-refractivity contribution in [3.63, 3.8) is 0 Å². The highest BCUT2D eigenvalue weighted by molar-refractivity contribution is 6.31. The number of benzene rings is 2. The summed E-state index contributed by atoms with van der Waals surface area (Å²) in [5.41, 5.74) is 2.94. The fourth-order valence-electron chi connectivity index (χ4n) is 2.70. The van der Waals surface area contributed by atoms with Gasteiger partial charge >= 0.3 is 0 Å². The summed E-state index contributed by atoms with van der Waals surface area (Å²) in [5.74, 6) is -0.395. The van der Waals surface area contributed by atoms with Gasteiger partial charge in [0, 0.05) is 43.7 Å². The third kappa shape index (κ3) is 3.69. The number of aryl methyl sites for hydroxylation is 2. The number of nitrogens with zero attached hydrogens (tertiary/aromatic N) is 1. The fourth-order valence-corrected chi connectivity index (χ4v) is 2.95. The number of halogens is 2. The number of rotatable bonds is 4. The van der Waals surface area contributed by atoms with Crippen LogP contribution in [0.15, 0.2) is 54.6 Å². The van der Waals surface area contributed by atoms with Crippen LogP contribution in [0.1, 0.15) is 43.2 Å². The first-order valence-electron chi connectivity index (χ1n) is 7.95. The standard InChI is InChI=1S/C21H15Cl2NO2/c1-12-18(20(25)14-3-7-16(22)8-4-14)11-19(13(2)24-12)21(26)15-5-9-17(23)10-6-15/h3-11H,1-2H3. The zero-order valence-corrected chi connectivity index (χ0v) is 15.7. The van der Waals surface area contributed by atoms with E-state index in [9.17, 15) is 9.59 Å². The van der Waals surface area contributed by atoms with Crippen LogP contribution in [-0.4, -0.2) is 16.6 Å². The van der Waals surface area contributed by atoms with Crippen LogP contribution in [0, 0.1) is 13.8 Å². The summed E-state index contributed by atoms with van der Waals surface area (Å²) in [4.78, 5) is 30.1. The molecule has 3 nitrogen and oxygen atoms in total. The highest BCUT2D eigenvalue weighted by atomic mass is 35.5. The Bertz CT molecular complexity index is 915. The first-order valence-corrected chi connectivity index (χ1v) is 8.71. The molecule has 1 heterocycles. The molecule has 3 rings (SSSR count). The molecular weight excluding hydrogens is 369 g/mol. The molecule has 0 aliphatic rings. The molecule has 0 atom stereocenters. The van der Waals surface area contributed by atoms with Crippen LogP contribution in [0.5, 0.6) is 0 Å². The van der Waals surface area contributed by atoms with Crippen molar-refractivity contribution in [1.82, 2.24) is 4.98 Å². The molecule has 26 heavy (non-hydrogen) atoms. The van der Waals surface area contributed by atoms with E-state index in [0.717, 1.165) is 0 Å². The van der Waals surface area contributed by atoms with E-state index < -0.39 is 0 Å². The molecule has 0 fully saturated rings. The summed E-state index contributed by atoms with van der Waals surface area (Å²) >= 11 is 11.8. The van der Waals surface area contributed by atoms with Crippen molar-refractivity contribution in [1.29, 1.82) is 0 Å². The highest BCUT2D eigenvalue weighted by Crippen LogP contribution is 2.21. The average Bonchev–Trinajstić information content (AvgIpc) is 2.62. The lowest BCUT2D eigenvalue weighted by molar-refractivity contribution is 0.103. The molecule has 130 valence electrons. The normalized spacial score (nSPS) is 10.6. The Morgan fingerprint density at radius 1 is 0.692 bits per heavy atom. The average molecular weight is 384 g/mol. The van der Waals surface area contributed by atoms with Crippen molar-refractivity contribution in [3.8, 4) is 0 Å². The van der Waals surface area contributed by atoms with E-state index in [1.54, 1.807) is 68.4 Å². The molecule has 0 bridgehead atoms. The summed E-state index contributed by atoms with van der Waals surface area (Å²) in [7, 11) is 0. The molecule has 0 radical (unpaired) electrons. The topological polar surface area (TPSA) is 47.0 Å². The molecule has 0 saturated heterocycles. The van der Waals surface area contributed by atoms with Gasteiger partial charge in [0.05, 0.1) is 0 Å². The number of carbonyl (C=O) groups is 2. The van der Waals surface area contributed by atoms with E-state index in [4.69, 9.17) is 23.2 Å². The van der Waals surface area contributed by atoms with E-state index in [1.807, 2.05) is 0 Å². The van der Waals surface area contributed by atoms with Gasteiger partial charge in [-0.1, -0.05) is 23.2 Å². The van der Waals surface area contributed by atoms with Crippen molar-refractivity contribution < 1.29 is 9.59 Å². The van der Waals surface area contributed by atoms with Gasteiger partial charge in [0.15, 0.2) is 11.6 Å². The third-order valence-electron chi connectivity index (χ3n) is 4.11. The monoisotopic (exact) mass is 383 g/mol. The number of aromatic nitrogens is 1. The third-order valence-corrected chi connectivity index (χ3v) is 4.61. The molecule has 0 unspecified atom stereocenters. The van der Waals surface area contributed by atoms with Crippen molar-refractivity contribution in [2.24, 2.45) is 0 Å². The van der Waals surface area contributed by atoms with Gasteiger partial charge in [-0.15, -0.1) is 0 Å². The van der Waals surface area contributed by atoms with Gasteiger partial charge in [-0.05, 0) is 68.4 Å². The van der Waals surface area contributed by atoms with E-state index >= 15 is 0 Å². The zero-order valence-electron chi connectivity index (χ0n) is 14.2. The first-order chi connectivity index (χ1) is 12.4.